The van der Waals surface area contributed by atoms with Crippen LogP contribution in [0.3, 0.4) is 0 Å². The number of rotatable bonds is 2. The Labute approximate surface area is 167 Å². The van der Waals surface area contributed by atoms with Crippen molar-refractivity contribution >= 4 is 22.8 Å². The number of hydrogen-bond acceptors (Lipinski definition) is 5. The molecular formula is C22H20N2O5. The van der Waals surface area contributed by atoms with E-state index in [9.17, 15) is 9.59 Å². The fourth-order valence-corrected chi connectivity index (χ4v) is 4.43. The van der Waals surface area contributed by atoms with Gasteiger partial charge in [0.15, 0.2) is 11.5 Å². The maximum atomic E-state index is 12.7. The van der Waals surface area contributed by atoms with Crippen molar-refractivity contribution < 1.29 is 23.8 Å². The van der Waals surface area contributed by atoms with Gasteiger partial charge in [0.05, 0.1) is 13.2 Å². The minimum Gasteiger partial charge on any atom is -0.467 e. The van der Waals surface area contributed by atoms with Crippen LogP contribution in [0.25, 0.3) is 10.9 Å². The normalized spacial score (nSPS) is 19.9. The Bertz CT molecular complexity index is 1140. The summed E-state index contributed by atoms with van der Waals surface area (Å²) in [6.45, 7) is 1.64. The van der Waals surface area contributed by atoms with E-state index in [-0.39, 0.29) is 12.7 Å². The first-order valence-electron chi connectivity index (χ1n) is 9.44. The molecule has 3 heterocycles. The maximum absolute atomic E-state index is 12.7. The Hall–Kier alpha value is -3.48. The molecule has 0 bridgehead atoms. The number of H-pyrrole nitrogens is 1. The highest BCUT2D eigenvalue weighted by molar-refractivity contribution is 5.90. The Morgan fingerprint density at radius 1 is 1.14 bits per heavy atom. The van der Waals surface area contributed by atoms with Gasteiger partial charge in [0.25, 0.3) is 0 Å². The summed E-state index contributed by atoms with van der Waals surface area (Å²) in [5.74, 6) is 0.665. The number of amides is 1. The van der Waals surface area contributed by atoms with Crippen molar-refractivity contribution in [1.82, 2.24) is 9.88 Å². The molecule has 29 heavy (non-hydrogen) atoms. The number of nitrogens with zero attached hydrogens (tertiary/aromatic N) is 1. The van der Waals surface area contributed by atoms with Crippen LogP contribution in [0.4, 0.5) is 0 Å². The molecule has 0 aliphatic carbocycles. The first-order valence-corrected chi connectivity index (χ1v) is 9.44. The molecule has 2 aliphatic rings. The smallest absolute Gasteiger partial charge is 0.328 e. The number of ether oxygens (including phenoxy) is 3. The van der Waals surface area contributed by atoms with Gasteiger partial charge >= 0.3 is 5.97 Å². The molecule has 1 amide bonds. The van der Waals surface area contributed by atoms with E-state index < -0.39 is 18.1 Å². The van der Waals surface area contributed by atoms with Crippen molar-refractivity contribution in [3.8, 4) is 11.5 Å². The number of fused-ring (bicyclic) bond motifs is 4. The summed E-state index contributed by atoms with van der Waals surface area (Å²) in [5, 5.41) is 1.05. The van der Waals surface area contributed by atoms with Gasteiger partial charge < -0.3 is 24.1 Å². The van der Waals surface area contributed by atoms with Gasteiger partial charge in [-0.25, -0.2) is 4.79 Å². The third-order valence-corrected chi connectivity index (χ3v) is 5.68. The molecule has 148 valence electrons. The van der Waals surface area contributed by atoms with Crippen LogP contribution in [-0.2, 0) is 20.7 Å². The Morgan fingerprint density at radius 3 is 2.72 bits per heavy atom. The number of para-hydroxylation sites is 1. The zero-order chi connectivity index (χ0) is 20.1. The van der Waals surface area contributed by atoms with Crippen LogP contribution in [-0.4, -0.2) is 41.7 Å². The molecule has 7 nitrogen and oxygen atoms in total. The van der Waals surface area contributed by atoms with Crippen LogP contribution < -0.4 is 9.47 Å². The predicted octanol–water partition coefficient (Wildman–Crippen LogP) is 2.93. The molecule has 1 N–H and O–H groups in total. The van der Waals surface area contributed by atoms with Crippen LogP contribution in [0, 0.1) is 0 Å². The van der Waals surface area contributed by atoms with Crippen molar-refractivity contribution in [1.29, 1.82) is 0 Å². The first-order chi connectivity index (χ1) is 14.1. The number of benzene rings is 2. The average molecular weight is 392 g/mol. The molecule has 0 saturated carbocycles. The predicted molar refractivity (Wildman–Crippen MR) is 105 cm³/mol. The molecule has 0 fully saturated rings. The van der Waals surface area contributed by atoms with E-state index in [0.717, 1.165) is 27.7 Å². The lowest BCUT2D eigenvalue weighted by Gasteiger charge is -2.40. The fraction of sp³-hybridized carbons (Fsp3) is 0.273. The number of carbonyl (C=O) groups is 2. The van der Waals surface area contributed by atoms with Crippen molar-refractivity contribution in [2.24, 2.45) is 0 Å². The summed E-state index contributed by atoms with van der Waals surface area (Å²) in [7, 11) is 1.35. The van der Waals surface area contributed by atoms with E-state index in [1.165, 1.54) is 14.0 Å². The molecule has 0 radical (unpaired) electrons. The highest BCUT2D eigenvalue weighted by atomic mass is 16.7. The number of methoxy groups -OCH3 is 1. The summed E-state index contributed by atoms with van der Waals surface area (Å²) in [6.07, 6.45) is 0.395. The van der Waals surface area contributed by atoms with Gasteiger partial charge in [-0.05, 0) is 29.3 Å². The second-order valence-electron chi connectivity index (χ2n) is 7.25. The van der Waals surface area contributed by atoms with Gasteiger partial charge in [0.2, 0.25) is 12.7 Å². The number of hydrogen-bond donors (Lipinski definition) is 1. The van der Waals surface area contributed by atoms with Crippen molar-refractivity contribution in [3.05, 3.63) is 59.3 Å². The first kappa shape index (κ1) is 17.6. The van der Waals surface area contributed by atoms with Crippen LogP contribution >= 0.6 is 0 Å². The zero-order valence-corrected chi connectivity index (χ0v) is 16.1. The van der Waals surface area contributed by atoms with E-state index in [0.29, 0.717) is 17.9 Å². The van der Waals surface area contributed by atoms with E-state index in [1.807, 2.05) is 42.5 Å². The van der Waals surface area contributed by atoms with Gasteiger partial charge in [-0.2, -0.15) is 0 Å². The van der Waals surface area contributed by atoms with Crippen molar-refractivity contribution in [2.45, 2.75) is 25.4 Å². The second-order valence-corrected chi connectivity index (χ2v) is 7.25. The van der Waals surface area contributed by atoms with E-state index in [2.05, 4.69) is 4.98 Å². The highest BCUT2D eigenvalue weighted by Crippen LogP contribution is 2.43. The molecular weight excluding hydrogens is 372 g/mol. The maximum Gasteiger partial charge on any atom is 0.328 e. The van der Waals surface area contributed by atoms with Crippen LogP contribution in [0.15, 0.2) is 42.5 Å². The van der Waals surface area contributed by atoms with Gasteiger partial charge in [-0.15, -0.1) is 0 Å². The van der Waals surface area contributed by atoms with Gasteiger partial charge in [0.1, 0.15) is 6.04 Å². The number of aromatic amines is 1. The highest BCUT2D eigenvalue weighted by Gasteiger charge is 2.43. The van der Waals surface area contributed by atoms with Crippen molar-refractivity contribution in [3.63, 3.8) is 0 Å². The van der Waals surface area contributed by atoms with Crippen molar-refractivity contribution in [2.75, 3.05) is 13.9 Å². The van der Waals surface area contributed by atoms with Gasteiger partial charge in [-0.1, -0.05) is 24.3 Å². The third-order valence-electron chi connectivity index (χ3n) is 5.68. The summed E-state index contributed by atoms with van der Waals surface area (Å²) in [5.41, 5.74) is 3.74. The topological polar surface area (TPSA) is 80.9 Å². The minimum atomic E-state index is -0.709. The molecule has 7 heteroatoms. The molecule has 3 aromatic rings. The molecule has 0 spiro atoms. The number of aromatic nitrogens is 1. The van der Waals surface area contributed by atoms with Crippen LogP contribution in [0.5, 0.6) is 11.5 Å². The Kier molecular flexibility index (Phi) is 3.97. The summed E-state index contributed by atoms with van der Waals surface area (Å²) < 4.78 is 16.0. The molecule has 5 rings (SSSR count). The minimum absolute atomic E-state index is 0.169. The summed E-state index contributed by atoms with van der Waals surface area (Å²) in [6, 6.07) is 12.4. The SMILES string of the molecule is COC(=O)[C@H]1Cc2c([nH]c3ccccc23)[C@@H](c2ccc3c(c2)OCO3)N1C(C)=O. The zero-order valence-electron chi connectivity index (χ0n) is 16.1. The lowest BCUT2D eigenvalue weighted by atomic mass is 9.87. The third kappa shape index (κ3) is 2.65. The van der Waals surface area contributed by atoms with E-state index in [1.54, 1.807) is 4.90 Å². The molecule has 2 aromatic carbocycles. The van der Waals surface area contributed by atoms with Crippen LogP contribution in [0.2, 0.25) is 0 Å². The number of carbonyl (C=O) groups excluding carboxylic acids is 2. The Balaban J connectivity index is 1.75. The molecule has 2 aliphatic heterocycles. The lowest BCUT2D eigenvalue weighted by Crippen LogP contribution is -2.51. The van der Waals surface area contributed by atoms with Crippen LogP contribution in [0.1, 0.15) is 29.8 Å². The number of esters is 1. The molecule has 0 saturated heterocycles. The largest absolute Gasteiger partial charge is 0.467 e. The number of nitrogens with one attached hydrogen (secondary N) is 1. The second kappa shape index (κ2) is 6.55. The standard InChI is InChI=1S/C22H20N2O5/c1-12(25)24-17(22(26)27-2)10-15-14-5-3-4-6-16(14)23-20(15)21(24)13-7-8-18-19(9-13)29-11-28-18/h3-9,17,21,23H,10-11H2,1-2H3/t17-,21-/m1/s1. The average Bonchev–Trinajstić information content (AvgIpc) is 3.35. The van der Waals surface area contributed by atoms with Gasteiger partial charge in [-0.3, -0.25) is 4.79 Å². The molecule has 1 aromatic heterocycles. The summed E-state index contributed by atoms with van der Waals surface area (Å²) >= 11 is 0. The summed E-state index contributed by atoms with van der Waals surface area (Å²) in [4.78, 5) is 30.4. The van der Waals surface area contributed by atoms with Gasteiger partial charge in [0, 0.05) is 29.9 Å². The fourth-order valence-electron chi connectivity index (χ4n) is 4.43. The quantitative estimate of drug-likeness (QED) is 0.679. The molecule has 0 unspecified atom stereocenters. The molecule has 2 atom stereocenters. The Morgan fingerprint density at radius 2 is 1.93 bits per heavy atom. The monoisotopic (exact) mass is 392 g/mol. The van der Waals surface area contributed by atoms with E-state index >= 15 is 0 Å². The van der Waals surface area contributed by atoms with E-state index in [4.69, 9.17) is 14.2 Å². The lowest BCUT2D eigenvalue weighted by molar-refractivity contribution is -0.154.